The maximum Gasteiger partial charge on any atom is 0.332 e. The quantitative estimate of drug-likeness (QED) is 0.532. The molecule has 2 aromatic heterocycles. The molecule has 11 heteroatoms. The molecular formula is C14H20FN5O5. The number of nitrogen functional groups attached to an aromatic ring is 1. The van der Waals surface area contributed by atoms with Crippen molar-refractivity contribution >= 4 is 17.1 Å². The lowest BCUT2D eigenvalue weighted by Crippen LogP contribution is -2.34. The maximum absolute atomic E-state index is 14.1. The van der Waals surface area contributed by atoms with Crippen LogP contribution in [-0.2, 0) is 11.3 Å². The second-order valence-corrected chi connectivity index (χ2v) is 6.46. The Bertz CT molecular complexity index is 903. The fraction of sp³-hybridized carbons (Fsp3) is 0.643. The SMILES string of the molecule is CC(C)Cn1c(=O)n([C@@H]2O[C@H](CO)[C@@H](F)[C@H]2O)c2nc(N)[nH]c(=O)c21. The first kappa shape index (κ1) is 17.6. The van der Waals surface area contributed by atoms with E-state index in [1.54, 1.807) is 0 Å². The third-order valence-corrected chi connectivity index (χ3v) is 4.10. The summed E-state index contributed by atoms with van der Waals surface area (Å²) in [4.78, 5) is 31.4. The fourth-order valence-corrected chi connectivity index (χ4v) is 3.03. The number of hydrogen-bond donors (Lipinski definition) is 4. The standard InChI is InChI=1S/C14H20FN5O5/c1-5(2)3-19-8-10(17-13(16)18-11(8)23)20(14(19)24)12-9(22)7(15)6(4-21)25-12/h5-7,9,12,21-22H,3-4H2,1-2H3,(H3,16,17,18,23)/t6-,7-,9-,12-/m1/s1. The van der Waals surface area contributed by atoms with E-state index in [0.717, 1.165) is 4.57 Å². The predicted octanol–water partition coefficient (Wildman–Crippen LogP) is -1.29. The van der Waals surface area contributed by atoms with Crippen LogP contribution in [0.1, 0.15) is 20.1 Å². The summed E-state index contributed by atoms with van der Waals surface area (Å²) in [5.74, 6) is -0.196. The number of aromatic amines is 1. The average Bonchev–Trinajstić information content (AvgIpc) is 2.95. The Hall–Kier alpha value is -2.24. The number of nitrogens with one attached hydrogen (secondary N) is 1. The molecule has 0 amide bonds. The molecule has 0 bridgehead atoms. The first-order chi connectivity index (χ1) is 11.8. The van der Waals surface area contributed by atoms with Gasteiger partial charge in [-0.15, -0.1) is 0 Å². The number of nitrogens with two attached hydrogens (primary N) is 1. The Morgan fingerprint density at radius 3 is 2.68 bits per heavy atom. The number of aliphatic hydroxyl groups excluding tert-OH is 2. The van der Waals surface area contributed by atoms with Gasteiger partial charge >= 0.3 is 5.69 Å². The molecule has 138 valence electrons. The summed E-state index contributed by atoms with van der Waals surface area (Å²) in [6.07, 6.45) is -6.29. The summed E-state index contributed by atoms with van der Waals surface area (Å²) >= 11 is 0. The molecule has 2 aromatic rings. The molecule has 0 unspecified atom stereocenters. The van der Waals surface area contributed by atoms with Crippen molar-refractivity contribution < 1.29 is 19.3 Å². The molecule has 1 fully saturated rings. The van der Waals surface area contributed by atoms with E-state index in [2.05, 4.69) is 9.97 Å². The first-order valence-electron chi connectivity index (χ1n) is 7.85. The van der Waals surface area contributed by atoms with Crippen molar-refractivity contribution in [1.29, 1.82) is 0 Å². The van der Waals surface area contributed by atoms with Gasteiger partial charge in [-0.3, -0.25) is 14.3 Å². The molecule has 25 heavy (non-hydrogen) atoms. The van der Waals surface area contributed by atoms with Gasteiger partial charge in [0.25, 0.3) is 5.56 Å². The van der Waals surface area contributed by atoms with Crippen LogP contribution in [0, 0.1) is 5.92 Å². The van der Waals surface area contributed by atoms with E-state index in [-0.39, 0.29) is 29.6 Å². The van der Waals surface area contributed by atoms with Gasteiger partial charge in [0.2, 0.25) is 5.95 Å². The Morgan fingerprint density at radius 2 is 2.12 bits per heavy atom. The number of imidazole rings is 1. The van der Waals surface area contributed by atoms with Gasteiger partial charge in [0.1, 0.15) is 12.2 Å². The summed E-state index contributed by atoms with van der Waals surface area (Å²) < 4.78 is 21.5. The van der Waals surface area contributed by atoms with E-state index in [1.165, 1.54) is 4.57 Å². The zero-order valence-electron chi connectivity index (χ0n) is 13.7. The van der Waals surface area contributed by atoms with Gasteiger partial charge in [-0.25, -0.2) is 13.8 Å². The van der Waals surface area contributed by atoms with E-state index in [1.807, 2.05) is 13.8 Å². The van der Waals surface area contributed by atoms with Gasteiger partial charge in [-0.2, -0.15) is 4.98 Å². The topological polar surface area (TPSA) is 148 Å². The number of fused-ring (bicyclic) bond motifs is 1. The van der Waals surface area contributed by atoms with Crippen LogP contribution in [0.3, 0.4) is 0 Å². The van der Waals surface area contributed by atoms with Crippen LogP contribution in [0.5, 0.6) is 0 Å². The van der Waals surface area contributed by atoms with E-state index >= 15 is 0 Å². The average molecular weight is 357 g/mol. The lowest BCUT2D eigenvalue weighted by atomic mass is 10.1. The minimum absolute atomic E-state index is 0.0298. The van der Waals surface area contributed by atoms with E-state index in [0.29, 0.717) is 0 Å². The van der Waals surface area contributed by atoms with Crippen LogP contribution in [0.4, 0.5) is 10.3 Å². The van der Waals surface area contributed by atoms with Gasteiger partial charge in [0.05, 0.1) is 6.61 Å². The minimum atomic E-state index is -1.88. The number of alkyl halides is 1. The van der Waals surface area contributed by atoms with Crippen LogP contribution in [0.25, 0.3) is 11.2 Å². The summed E-state index contributed by atoms with van der Waals surface area (Å²) in [6, 6.07) is 0. The van der Waals surface area contributed by atoms with E-state index in [4.69, 9.17) is 15.6 Å². The predicted molar refractivity (Wildman–Crippen MR) is 85.8 cm³/mol. The number of ether oxygens (including phenoxy) is 1. The maximum atomic E-state index is 14.1. The number of aromatic nitrogens is 4. The highest BCUT2D eigenvalue weighted by atomic mass is 19.1. The van der Waals surface area contributed by atoms with Crippen molar-refractivity contribution in [1.82, 2.24) is 19.1 Å². The molecular weight excluding hydrogens is 337 g/mol. The van der Waals surface area contributed by atoms with Crippen molar-refractivity contribution in [2.45, 2.75) is 45.0 Å². The van der Waals surface area contributed by atoms with Gasteiger partial charge in [-0.05, 0) is 5.92 Å². The van der Waals surface area contributed by atoms with Crippen LogP contribution in [0.15, 0.2) is 9.59 Å². The zero-order valence-corrected chi connectivity index (χ0v) is 13.7. The minimum Gasteiger partial charge on any atom is -0.394 e. The smallest absolute Gasteiger partial charge is 0.332 e. The summed E-state index contributed by atoms with van der Waals surface area (Å²) in [5, 5.41) is 19.3. The highest BCUT2D eigenvalue weighted by Crippen LogP contribution is 2.32. The molecule has 0 spiro atoms. The van der Waals surface area contributed by atoms with Gasteiger partial charge in [0.15, 0.2) is 23.6 Å². The lowest BCUT2D eigenvalue weighted by Gasteiger charge is -2.15. The van der Waals surface area contributed by atoms with Crippen LogP contribution >= 0.6 is 0 Å². The second kappa shape index (κ2) is 6.24. The van der Waals surface area contributed by atoms with Gasteiger partial charge in [0, 0.05) is 6.54 Å². The number of hydrogen-bond acceptors (Lipinski definition) is 7. The molecule has 0 radical (unpaired) electrons. The molecule has 0 saturated carbocycles. The Morgan fingerprint density at radius 1 is 1.44 bits per heavy atom. The largest absolute Gasteiger partial charge is 0.394 e. The summed E-state index contributed by atoms with van der Waals surface area (Å²) in [6.45, 7) is 3.26. The van der Waals surface area contributed by atoms with E-state index in [9.17, 15) is 19.1 Å². The fourth-order valence-electron chi connectivity index (χ4n) is 3.03. The number of rotatable bonds is 4. The van der Waals surface area contributed by atoms with Gasteiger partial charge < -0.3 is 20.7 Å². The molecule has 0 aliphatic carbocycles. The molecule has 10 nitrogen and oxygen atoms in total. The van der Waals surface area contributed by atoms with Crippen molar-refractivity contribution in [3.8, 4) is 0 Å². The summed E-state index contributed by atoms with van der Waals surface area (Å²) in [5.41, 5.74) is 4.11. The molecule has 1 aliphatic heterocycles. The molecule has 1 aliphatic rings. The van der Waals surface area contributed by atoms with Crippen LogP contribution < -0.4 is 17.0 Å². The number of H-pyrrole nitrogens is 1. The number of aliphatic hydroxyl groups is 2. The number of nitrogens with zero attached hydrogens (tertiary/aromatic N) is 3. The third-order valence-electron chi connectivity index (χ3n) is 4.10. The zero-order chi connectivity index (χ0) is 18.5. The normalized spacial score (nSPS) is 26.8. The highest BCUT2D eigenvalue weighted by Gasteiger charge is 2.46. The molecule has 3 rings (SSSR count). The Balaban J connectivity index is 2.27. The lowest BCUT2D eigenvalue weighted by molar-refractivity contribution is -0.0514. The molecule has 5 N–H and O–H groups in total. The van der Waals surface area contributed by atoms with E-state index < -0.39 is 42.5 Å². The van der Waals surface area contributed by atoms with Crippen molar-refractivity contribution in [3.63, 3.8) is 0 Å². The summed E-state index contributed by atoms with van der Waals surface area (Å²) in [7, 11) is 0. The highest BCUT2D eigenvalue weighted by molar-refractivity contribution is 5.71. The Kier molecular flexibility index (Phi) is 4.39. The first-order valence-corrected chi connectivity index (χ1v) is 7.85. The van der Waals surface area contributed by atoms with Crippen molar-refractivity contribution in [3.05, 3.63) is 20.8 Å². The number of anilines is 1. The van der Waals surface area contributed by atoms with Crippen LogP contribution in [-0.4, -0.2) is 54.3 Å². The molecule has 4 atom stereocenters. The monoisotopic (exact) mass is 357 g/mol. The Labute approximate surface area is 140 Å². The molecule has 0 aromatic carbocycles. The van der Waals surface area contributed by atoms with Crippen molar-refractivity contribution in [2.24, 2.45) is 5.92 Å². The van der Waals surface area contributed by atoms with Crippen molar-refractivity contribution in [2.75, 3.05) is 12.3 Å². The molecule has 3 heterocycles. The second-order valence-electron chi connectivity index (χ2n) is 6.46. The molecule has 1 saturated heterocycles. The van der Waals surface area contributed by atoms with Crippen LogP contribution in [0.2, 0.25) is 0 Å². The third kappa shape index (κ3) is 2.73. The number of halogens is 1. The van der Waals surface area contributed by atoms with Gasteiger partial charge in [-0.1, -0.05) is 13.8 Å².